The van der Waals surface area contributed by atoms with Crippen LogP contribution in [0.25, 0.3) is 0 Å². The number of carbonyl (C=O) groups is 8. The third kappa shape index (κ3) is 11.2. The lowest BCUT2D eigenvalue weighted by Crippen LogP contribution is -2.59. The number of unbranched alkanes of at least 4 members (excludes halogenated alkanes) is 2. The van der Waals surface area contributed by atoms with Gasteiger partial charge in [0.05, 0.1) is 24.6 Å². The maximum absolute atomic E-state index is 16.3. The van der Waals surface area contributed by atoms with Crippen molar-refractivity contribution in [2.24, 2.45) is 23.3 Å². The number of primary amides is 2. The smallest absolute Gasteiger partial charge is 0.355 e. The molecule has 0 spiro atoms. The Balaban J connectivity index is 1.16. The number of carbonyl (C=O) groups excluding carboxylic acids is 8. The molecule has 7 N–H and O–H groups in total. The minimum atomic E-state index is -3.90. The van der Waals surface area contributed by atoms with Crippen LogP contribution in [0.1, 0.15) is 107 Å². The number of amides is 7. The number of imide groups is 1. The molecule has 0 saturated carbocycles. The first-order valence-corrected chi connectivity index (χ1v) is 23.5. The number of nitrogens with two attached hydrogens (primary N) is 2. The highest BCUT2D eigenvalue weighted by molar-refractivity contribution is 9.10. The van der Waals surface area contributed by atoms with Gasteiger partial charge in [0.2, 0.25) is 23.3 Å². The largest absolute Gasteiger partial charge is 0.457 e. The third-order valence-corrected chi connectivity index (χ3v) is 13.7. The number of hydrogen-bond donors (Lipinski definition) is 5. The van der Waals surface area contributed by atoms with Gasteiger partial charge in [-0.25, -0.2) is 18.4 Å². The van der Waals surface area contributed by atoms with E-state index in [1.54, 1.807) is 24.5 Å². The number of nitrogens with zero attached hydrogens (tertiary/aromatic N) is 3. The zero-order valence-electron chi connectivity index (χ0n) is 38.1. The van der Waals surface area contributed by atoms with E-state index in [-0.39, 0.29) is 68.5 Å². The van der Waals surface area contributed by atoms with Gasteiger partial charge in [0.15, 0.2) is 0 Å². The lowest BCUT2D eigenvalue weighted by molar-refractivity contribution is -0.190. The van der Waals surface area contributed by atoms with Gasteiger partial charge in [-0.3, -0.25) is 38.5 Å². The number of aromatic nitrogens is 1. The topological polar surface area (TPSA) is 272 Å². The highest BCUT2D eigenvalue weighted by atomic mass is 79.9. The molecule has 1 aromatic carbocycles. The fourth-order valence-corrected chi connectivity index (χ4v) is 9.82. The van der Waals surface area contributed by atoms with E-state index in [0.29, 0.717) is 42.8 Å². The number of urea groups is 1. The number of benzene rings is 1. The second kappa shape index (κ2) is 21.4. The second-order valence-electron chi connectivity index (χ2n) is 17.9. The molecular weight excluding hydrogens is 958 g/mol. The zero-order valence-corrected chi connectivity index (χ0v) is 39.7. The van der Waals surface area contributed by atoms with Crippen LogP contribution in [0.2, 0.25) is 0 Å². The Morgan fingerprint density at radius 1 is 1.03 bits per heavy atom. The number of alkyl halides is 2. The van der Waals surface area contributed by atoms with E-state index in [9.17, 15) is 43.2 Å². The lowest BCUT2D eigenvalue weighted by Gasteiger charge is -2.37. The number of hydrogen-bond acceptors (Lipinski definition) is 12. The SMILES string of the molecule is CC[C@@]1(OC(=O)CCC(F)(F)CN(C(=O)[C@@H](NC(=O)CCCCCN2C(=O)C=CC2=O)C(C)C)[C@@H](CCCNC(N)=O)C(N)=O)C(=O)OCc2c1cc1n(c2=O)CC2Cc3c(Br)cccc3NC12. The van der Waals surface area contributed by atoms with Gasteiger partial charge in [-0.1, -0.05) is 49.2 Å². The van der Waals surface area contributed by atoms with Crippen molar-refractivity contribution in [2.45, 2.75) is 128 Å². The van der Waals surface area contributed by atoms with Gasteiger partial charge in [0.25, 0.3) is 23.3 Å². The Labute approximate surface area is 399 Å². The van der Waals surface area contributed by atoms with Crippen LogP contribution in [0.3, 0.4) is 0 Å². The van der Waals surface area contributed by atoms with Crippen LogP contribution in [0.15, 0.2) is 45.7 Å². The summed E-state index contributed by atoms with van der Waals surface area (Å²) in [5.41, 5.74) is 11.0. The number of halogens is 3. The van der Waals surface area contributed by atoms with Crippen molar-refractivity contribution >= 4 is 69.1 Å². The standard InChI is InChI=1S/C46H57BrF2N8O11/c1-4-46(29-21-33-39-26(20-27-30(47)10-8-11-31(27)53-39)22-56(33)41(63)28(29)23-67-43(46)65)68-37(61)16-17-45(48,49)24-57(32(40(50)62)12-9-18-52-44(51)66)42(64)38(25(2)3)54-34(58)13-6-5-7-19-55-35(59)14-15-36(55)60/h8,10-11,14-15,21,25-26,32,38-39,53H,4-7,9,12-13,16-20,22-24H2,1-3H3,(H2,50,62)(H,54,58)(H3,51,52,66)/t26?,32-,38-,39?,46-/m0/s1. The molecule has 5 atom stereocenters. The summed E-state index contributed by atoms with van der Waals surface area (Å²) in [6.45, 7) is 3.28. The molecule has 0 radical (unpaired) electrons. The maximum atomic E-state index is 16.3. The van der Waals surface area contributed by atoms with Crippen LogP contribution < -0.4 is 33.0 Å². The van der Waals surface area contributed by atoms with Crippen LogP contribution >= 0.6 is 15.9 Å². The molecule has 4 aliphatic rings. The highest BCUT2D eigenvalue weighted by Crippen LogP contribution is 2.46. The van der Waals surface area contributed by atoms with Crippen molar-refractivity contribution in [2.75, 3.05) is 25.0 Å². The van der Waals surface area contributed by atoms with Crippen LogP contribution in [-0.2, 0) is 68.2 Å². The molecule has 7 amide bonds. The van der Waals surface area contributed by atoms with Gasteiger partial charge in [-0.05, 0) is 68.2 Å². The summed E-state index contributed by atoms with van der Waals surface area (Å²) >= 11 is 3.61. The summed E-state index contributed by atoms with van der Waals surface area (Å²) in [6.07, 6.45) is 1.32. The average Bonchev–Trinajstić information content (AvgIpc) is 3.81. The molecule has 4 aliphatic heterocycles. The number of fused-ring (bicyclic) bond motifs is 5. The van der Waals surface area contributed by atoms with Crippen LogP contribution in [0.5, 0.6) is 0 Å². The van der Waals surface area contributed by atoms with E-state index >= 15 is 8.78 Å². The molecule has 22 heteroatoms. The maximum Gasteiger partial charge on any atom is 0.355 e. The van der Waals surface area contributed by atoms with E-state index in [0.717, 1.165) is 20.6 Å². The average molecular weight is 1020 g/mol. The molecule has 368 valence electrons. The van der Waals surface area contributed by atoms with E-state index < -0.39 is 102 Å². The van der Waals surface area contributed by atoms with Gasteiger partial charge in [-0.2, -0.15) is 0 Å². The van der Waals surface area contributed by atoms with Crippen molar-refractivity contribution in [3.8, 4) is 0 Å². The number of rotatable bonds is 22. The summed E-state index contributed by atoms with van der Waals surface area (Å²) in [7, 11) is 0. The fourth-order valence-electron chi connectivity index (χ4n) is 9.29. The Morgan fingerprint density at radius 2 is 1.75 bits per heavy atom. The lowest BCUT2D eigenvalue weighted by atomic mass is 9.84. The molecule has 2 aromatic rings. The van der Waals surface area contributed by atoms with Crippen LogP contribution in [-0.4, -0.2) is 99.5 Å². The molecule has 0 bridgehead atoms. The molecule has 0 fully saturated rings. The monoisotopic (exact) mass is 1010 g/mol. The van der Waals surface area contributed by atoms with Crippen LogP contribution in [0.4, 0.5) is 19.3 Å². The first-order valence-electron chi connectivity index (χ1n) is 22.7. The number of nitrogens with one attached hydrogen (secondary N) is 3. The molecule has 68 heavy (non-hydrogen) atoms. The number of anilines is 1. The van der Waals surface area contributed by atoms with Gasteiger partial charge >= 0.3 is 18.0 Å². The van der Waals surface area contributed by atoms with E-state index in [1.807, 2.05) is 18.2 Å². The zero-order chi connectivity index (χ0) is 49.7. The Bertz CT molecular complexity index is 2430. The van der Waals surface area contributed by atoms with E-state index in [2.05, 4.69) is 31.9 Å². The molecular formula is C46H57BrF2N8O11. The third-order valence-electron chi connectivity index (χ3n) is 12.9. The molecule has 0 saturated heterocycles. The number of pyridine rings is 1. The Morgan fingerprint density at radius 3 is 2.41 bits per heavy atom. The summed E-state index contributed by atoms with van der Waals surface area (Å²) < 4.78 is 46.3. The van der Waals surface area contributed by atoms with Gasteiger partial charge < -0.3 is 46.4 Å². The van der Waals surface area contributed by atoms with Crippen LogP contribution in [0, 0.1) is 11.8 Å². The summed E-state index contributed by atoms with van der Waals surface area (Å²) in [6, 6.07) is 3.10. The molecule has 5 heterocycles. The summed E-state index contributed by atoms with van der Waals surface area (Å²) in [5, 5.41) is 8.42. The Hall–Kier alpha value is -6.19. The molecule has 6 rings (SSSR count). The van der Waals surface area contributed by atoms with Gasteiger partial charge in [-0.15, -0.1) is 0 Å². The molecule has 19 nitrogen and oxygen atoms in total. The van der Waals surface area contributed by atoms with E-state index in [4.69, 9.17) is 20.9 Å². The predicted molar refractivity (Wildman–Crippen MR) is 243 cm³/mol. The van der Waals surface area contributed by atoms with Crippen molar-refractivity contribution < 1.29 is 56.6 Å². The molecule has 2 unspecified atom stereocenters. The normalized spacial score (nSPS) is 20.0. The minimum Gasteiger partial charge on any atom is -0.457 e. The number of cyclic esters (lactones) is 1. The molecule has 1 aromatic heterocycles. The highest BCUT2D eigenvalue weighted by Gasteiger charge is 2.52. The van der Waals surface area contributed by atoms with Crippen molar-refractivity contribution in [1.29, 1.82) is 0 Å². The van der Waals surface area contributed by atoms with Gasteiger partial charge in [0, 0.05) is 72.0 Å². The predicted octanol–water partition coefficient (Wildman–Crippen LogP) is 3.33. The number of esters is 2. The Kier molecular flexibility index (Phi) is 16.1. The van der Waals surface area contributed by atoms with Gasteiger partial charge in [0.1, 0.15) is 18.7 Å². The fraction of sp³-hybridized carbons (Fsp3) is 0.543. The first-order chi connectivity index (χ1) is 32.2. The summed E-state index contributed by atoms with van der Waals surface area (Å²) in [5.74, 6) is -10.5. The first kappa shape index (κ1) is 51.2. The quantitative estimate of drug-likeness (QED) is 0.0646. The van der Waals surface area contributed by atoms with E-state index in [1.165, 1.54) is 19.1 Å². The van der Waals surface area contributed by atoms with Crippen molar-refractivity contribution in [3.63, 3.8) is 0 Å². The van der Waals surface area contributed by atoms with Crippen molar-refractivity contribution in [1.82, 2.24) is 25.0 Å². The summed E-state index contributed by atoms with van der Waals surface area (Å²) in [4.78, 5) is 118. The molecule has 0 aliphatic carbocycles. The minimum absolute atomic E-state index is 0.0202. The second-order valence-corrected chi connectivity index (χ2v) is 18.7. The van der Waals surface area contributed by atoms with Crippen molar-refractivity contribution in [3.05, 3.63) is 73.6 Å². The number of ether oxygens (including phenoxy) is 2.